The Balaban J connectivity index is 0. The summed E-state index contributed by atoms with van der Waals surface area (Å²) in [5.74, 6) is 0.687. The summed E-state index contributed by atoms with van der Waals surface area (Å²) < 4.78 is 22.2. The minimum absolute atomic E-state index is 0.316. The van der Waals surface area contributed by atoms with Gasteiger partial charge < -0.3 is 14.8 Å². The third-order valence-corrected chi connectivity index (χ3v) is 5.56. The molecule has 3 atom stereocenters. The van der Waals surface area contributed by atoms with E-state index >= 15 is 0 Å². The molecule has 0 amide bonds. The Bertz CT molecular complexity index is 353. The SMILES string of the molecule is CCC(O)C=O.CCCCC(CC)COP(=O)(O)OCC(CC)CCCC. The van der Waals surface area contributed by atoms with Crippen LogP contribution in [0.3, 0.4) is 0 Å². The topological polar surface area (TPSA) is 93.1 Å². The Labute approximate surface area is 166 Å². The normalized spacial score (nSPS) is 16.6. The molecular weight excluding hydrogens is 367 g/mol. The molecule has 0 heterocycles. The van der Waals surface area contributed by atoms with Gasteiger partial charge in [0.1, 0.15) is 12.4 Å². The van der Waals surface area contributed by atoms with E-state index in [0.29, 0.717) is 37.8 Å². The van der Waals surface area contributed by atoms with E-state index in [1.807, 2.05) is 0 Å². The zero-order chi connectivity index (χ0) is 21.1. The van der Waals surface area contributed by atoms with Crippen LogP contribution in [0.2, 0.25) is 0 Å². The van der Waals surface area contributed by atoms with Gasteiger partial charge in [0, 0.05) is 0 Å². The number of phosphoric acid groups is 1. The maximum Gasteiger partial charge on any atom is 0.472 e. The van der Waals surface area contributed by atoms with Crippen LogP contribution in [0.5, 0.6) is 0 Å². The fourth-order valence-corrected chi connectivity index (χ4v) is 3.20. The molecule has 0 aromatic rings. The average Bonchev–Trinajstić information content (AvgIpc) is 2.68. The Hall–Kier alpha value is -0.260. The monoisotopic (exact) mass is 410 g/mol. The molecule has 27 heavy (non-hydrogen) atoms. The summed E-state index contributed by atoms with van der Waals surface area (Å²) >= 11 is 0. The van der Waals surface area contributed by atoms with Crippen LogP contribution in [-0.4, -0.2) is 35.6 Å². The van der Waals surface area contributed by atoms with Gasteiger partial charge in [0.15, 0.2) is 0 Å². The lowest BCUT2D eigenvalue weighted by Gasteiger charge is -2.20. The number of hydrogen-bond acceptors (Lipinski definition) is 5. The van der Waals surface area contributed by atoms with Gasteiger partial charge in [-0.3, -0.25) is 9.05 Å². The molecule has 0 aromatic heterocycles. The van der Waals surface area contributed by atoms with Crippen molar-refractivity contribution in [2.75, 3.05) is 13.2 Å². The van der Waals surface area contributed by atoms with E-state index in [1.165, 1.54) is 0 Å². The fourth-order valence-electron chi connectivity index (χ4n) is 2.33. The first-order valence-corrected chi connectivity index (χ1v) is 12.0. The largest absolute Gasteiger partial charge is 0.472 e. The summed E-state index contributed by atoms with van der Waals surface area (Å²) in [6, 6.07) is 0. The van der Waals surface area contributed by atoms with Gasteiger partial charge >= 0.3 is 7.82 Å². The van der Waals surface area contributed by atoms with Crippen LogP contribution in [0.15, 0.2) is 0 Å². The second-order valence-corrected chi connectivity index (χ2v) is 8.46. The number of rotatable bonds is 16. The first kappa shape index (κ1) is 28.9. The van der Waals surface area contributed by atoms with Crippen LogP contribution in [0, 0.1) is 11.8 Å². The zero-order valence-electron chi connectivity index (χ0n) is 18.1. The molecule has 0 aliphatic heterocycles. The standard InChI is InChI=1S/C16H35O4P.C4H8O2/c1-5-9-11-15(7-3)13-19-21(17,18)20-14-16(8-4)12-10-6-2;1-2-4(6)3-5/h15-16H,5-14H2,1-4H3,(H,17,18);3-4,6H,2H2,1H3. The Morgan fingerprint density at radius 2 is 1.26 bits per heavy atom. The van der Waals surface area contributed by atoms with E-state index in [-0.39, 0.29) is 0 Å². The molecule has 0 rings (SSSR count). The predicted octanol–water partition coefficient (Wildman–Crippen LogP) is 5.51. The van der Waals surface area contributed by atoms with Crippen molar-refractivity contribution in [2.24, 2.45) is 11.8 Å². The van der Waals surface area contributed by atoms with Gasteiger partial charge in [0.2, 0.25) is 0 Å². The summed E-state index contributed by atoms with van der Waals surface area (Å²) in [5, 5.41) is 8.30. The van der Waals surface area contributed by atoms with Crippen LogP contribution < -0.4 is 0 Å². The van der Waals surface area contributed by atoms with Crippen molar-refractivity contribution < 1.29 is 28.4 Å². The Morgan fingerprint density at radius 1 is 0.852 bits per heavy atom. The fraction of sp³-hybridized carbons (Fsp3) is 0.950. The molecule has 3 unspecified atom stereocenters. The summed E-state index contributed by atoms with van der Waals surface area (Å²) in [5.41, 5.74) is 0. The number of carbonyl (C=O) groups is 1. The molecule has 0 fully saturated rings. The van der Waals surface area contributed by atoms with Crippen LogP contribution in [0.25, 0.3) is 0 Å². The van der Waals surface area contributed by atoms with E-state index in [2.05, 4.69) is 27.7 Å². The van der Waals surface area contributed by atoms with Gasteiger partial charge in [-0.05, 0) is 31.1 Å². The smallest absolute Gasteiger partial charge is 0.386 e. The van der Waals surface area contributed by atoms with Crippen LogP contribution in [0.4, 0.5) is 0 Å². The molecule has 0 aromatic carbocycles. The van der Waals surface area contributed by atoms with Crippen molar-refractivity contribution in [1.29, 1.82) is 0 Å². The summed E-state index contributed by atoms with van der Waals surface area (Å²) in [7, 11) is -3.89. The Morgan fingerprint density at radius 3 is 1.48 bits per heavy atom. The second-order valence-electron chi connectivity index (χ2n) is 7.00. The lowest BCUT2D eigenvalue weighted by atomic mass is 10.0. The lowest BCUT2D eigenvalue weighted by molar-refractivity contribution is -0.114. The van der Waals surface area contributed by atoms with Gasteiger partial charge in [-0.15, -0.1) is 0 Å². The highest BCUT2D eigenvalue weighted by Gasteiger charge is 2.24. The van der Waals surface area contributed by atoms with Gasteiger partial charge in [-0.25, -0.2) is 4.57 Å². The maximum atomic E-state index is 11.9. The number of aliphatic hydroxyl groups excluding tert-OH is 1. The molecule has 2 N–H and O–H groups in total. The van der Waals surface area contributed by atoms with Crippen LogP contribution in [0.1, 0.15) is 92.4 Å². The molecule has 0 saturated carbocycles. The van der Waals surface area contributed by atoms with Crippen LogP contribution in [-0.2, 0) is 18.4 Å². The molecular formula is C20H43O6P. The highest BCUT2D eigenvalue weighted by atomic mass is 31.2. The number of aliphatic hydroxyl groups is 1. The maximum absolute atomic E-state index is 11.9. The first-order chi connectivity index (χ1) is 12.8. The lowest BCUT2D eigenvalue weighted by Crippen LogP contribution is -2.12. The van der Waals surface area contributed by atoms with E-state index < -0.39 is 13.9 Å². The number of phosphoric ester groups is 1. The van der Waals surface area contributed by atoms with Crippen molar-refractivity contribution in [1.82, 2.24) is 0 Å². The highest BCUT2D eigenvalue weighted by molar-refractivity contribution is 7.47. The van der Waals surface area contributed by atoms with E-state index in [0.717, 1.165) is 51.4 Å². The quantitative estimate of drug-likeness (QED) is 0.257. The third-order valence-electron chi connectivity index (χ3n) is 4.61. The van der Waals surface area contributed by atoms with Crippen molar-refractivity contribution in [3.8, 4) is 0 Å². The van der Waals surface area contributed by atoms with Crippen molar-refractivity contribution >= 4 is 14.1 Å². The molecule has 0 spiro atoms. The van der Waals surface area contributed by atoms with Crippen molar-refractivity contribution in [3.05, 3.63) is 0 Å². The number of unbranched alkanes of at least 4 members (excludes halogenated alkanes) is 2. The number of hydrogen-bond donors (Lipinski definition) is 2. The summed E-state index contributed by atoms with van der Waals surface area (Å²) in [6.45, 7) is 10.9. The van der Waals surface area contributed by atoms with Gasteiger partial charge in [0.05, 0.1) is 13.2 Å². The highest BCUT2D eigenvalue weighted by Crippen LogP contribution is 2.44. The zero-order valence-corrected chi connectivity index (χ0v) is 19.0. The predicted molar refractivity (Wildman–Crippen MR) is 111 cm³/mol. The minimum atomic E-state index is -3.89. The number of aldehydes is 1. The van der Waals surface area contributed by atoms with E-state index in [9.17, 15) is 14.3 Å². The van der Waals surface area contributed by atoms with Gasteiger partial charge in [0.25, 0.3) is 0 Å². The molecule has 6 nitrogen and oxygen atoms in total. The summed E-state index contributed by atoms with van der Waals surface area (Å²) in [4.78, 5) is 19.3. The van der Waals surface area contributed by atoms with Gasteiger partial charge in [-0.1, -0.05) is 73.1 Å². The molecule has 164 valence electrons. The molecule has 0 aliphatic rings. The first-order valence-electron chi connectivity index (χ1n) is 10.5. The van der Waals surface area contributed by atoms with Crippen LogP contribution >= 0.6 is 7.82 Å². The molecule has 0 radical (unpaired) electrons. The second kappa shape index (κ2) is 19.1. The third kappa shape index (κ3) is 18.9. The van der Waals surface area contributed by atoms with E-state index in [4.69, 9.17) is 14.2 Å². The molecule has 0 saturated heterocycles. The molecule has 0 bridgehead atoms. The minimum Gasteiger partial charge on any atom is -0.386 e. The molecule has 7 heteroatoms. The van der Waals surface area contributed by atoms with E-state index in [1.54, 1.807) is 6.92 Å². The van der Waals surface area contributed by atoms with Gasteiger partial charge in [-0.2, -0.15) is 0 Å². The Kier molecular flexibility index (Phi) is 20.4. The van der Waals surface area contributed by atoms with Crippen molar-refractivity contribution in [3.63, 3.8) is 0 Å². The number of carbonyl (C=O) groups excluding carboxylic acids is 1. The van der Waals surface area contributed by atoms with Crippen molar-refractivity contribution in [2.45, 2.75) is 98.5 Å². The molecule has 0 aliphatic carbocycles. The average molecular weight is 411 g/mol. The summed E-state index contributed by atoms with van der Waals surface area (Å²) in [6.07, 6.45) is 8.86.